The topological polar surface area (TPSA) is 32.8 Å². The van der Waals surface area contributed by atoms with Crippen LogP contribution in [-0.4, -0.2) is 55.5 Å². The van der Waals surface area contributed by atoms with Gasteiger partial charge >= 0.3 is 0 Å². The van der Waals surface area contributed by atoms with Crippen molar-refractivity contribution in [1.29, 1.82) is 0 Å². The van der Waals surface area contributed by atoms with E-state index in [1.807, 2.05) is 29.2 Å². The highest BCUT2D eigenvalue weighted by Crippen LogP contribution is 2.28. The average molecular weight is 314 g/mol. The summed E-state index contributed by atoms with van der Waals surface area (Å²) in [4.78, 5) is 17.4. The molecule has 0 saturated carbocycles. The number of likely N-dealkylation sites (N-methyl/N-ethyl adjacent to an activating group) is 1. The van der Waals surface area contributed by atoms with Crippen LogP contribution in [0.1, 0.15) is 28.8 Å². The van der Waals surface area contributed by atoms with Crippen LogP contribution in [0.25, 0.3) is 0 Å². The van der Waals surface area contributed by atoms with Crippen LogP contribution in [0, 0.1) is 5.92 Å². The van der Waals surface area contributed by atoms with E-state index in [0.29, 0.717) is 18.4 Å². The molecule has 3 fully saturated rings. The van der Waals surface area contributed by atoms with Gasteiger partial charge in [0.2, 0.25) is 0 Å². The van der Waals surface area contributed by atoms with Crippen LogP contribution in [0.5, 0.6) is 5.75 Å². The molecule has 3 aliphatic heterocycles. The van der Waals surface area contributed by atoms with Crippen molar-refractivity contribution in [3.8, 4) is 5.75 Å². The molecule has 3 heterocycles. The van der Waals surface area contributed by atoms with Gasteiger partial charge in [0.1, 0.15) is 5.75 Å². The minimum Gasteiger partial charge on any atom is -0.496 e. The highest BCUT2D eigenvalue weighted by molar-refractivity contribution is 5.94. The van der Waals surface area contributed by atoms with E-state index in [-0.39, 0.29) is 5.91 Å². The maximum Gasteiger partial charge on any atom is 0.253 e. The molecule has 0 spiro atoms. The third kappa shape index (κ3) is 3.27. The second-order valence-corrected chi connectivity index (χ2v) is 6.77. The minimum absolute atomic E-state index is 0.144. The summed E-state index contributed by atoms with van der Waals surface area (Å²) in [6.07, 6.45) is 4.99. The normalized spacial score (nSPS) is 24.3. The highest BCUT2D eigenvalue weighted by Gasteiger charge is 2.34. The number of carbonyl (C=O) groups excluding carboxylic acids is 1. The fourth-order valence-corrected chi connectivity index (χ4v) is 3.89. The average Bonchev–Trinajstić information content (AvgIpc) is 2.85. The number of rotatable bonds is 4. The lowest BCUT2D eigenvalue weighted by Crippen LogP contribution is -2.41. The van der Waals surface area contributed by atoms with E-state index >= 15 is 0 Å². The van der Waals surface area contributed by atoms with Gasteiger partial charge in [-0.05, 0) is 56.0 Å². The molecule has 0 N–H and O–H groups in total. The van der Waals surface area contributed by atoms with Crippen molar-refractivity contribution in [2.75, 3.05) is 33.8 Å². The van der Waals surface area contributed by atoms with Crippen molar-refractivity contribution in [3.05, 3.63) is 42.0 Å². The smallest absolute Gasteiger partial charge is 0.253 e. The Kier molecular flexibility index (Phi) is 4.71. The summed E-state index contributed by atoms with van der Waals surface area (Å²) in [7, 11) is 3.84. The standard InChI is InChI=1S/C19H26N2O2/c1-4-5-15-10-16(7-9-18(15)23-3)19(22)21-12-14-6-8-17(13-21)20(2)11-14/h4,7,9-10,14,17H,1,5-6,8,11-13H2,2-3H3/t14-,17-/m1/s1. The third-order valence-corrected chi connectivity index (χ3v) is 5.17. The van der Waals surface area contributed by atoms with E-state index in [0.717, 1.165) is 36.5 Å². The molecule has 0 unspecified atom stereocenters. The zero-order chi connectivity index (χ0) is 16.4. The van der Waals surface area contributed by atoms with Gasteiger partial charge in [0.25, 0.3) is 5.91 Å². The predicted octanol–water partition coefficient (Wildman–Crippen LogP) is 2.59. The molecule has 23 heavy (non-hydrogen) atoms. The van der Waals surface area contributed by atoms with Crippen LogP contribution < -0.4 is 4.74 Å². The Labute approximate surface area is 138 Å². The summed E-state index contributed by atoms with van der Waals surface area (Å²) < 4.78 is 5.38. The summed E-state index contributed by atoms with van der Waals surface area (Å²) in [5.41, 5.74) is 1.77. The molecule has 1 aromatic carbocycles. The molecule has 4 heteroatoms. The summed E-state index contributed by atoms with van der Waals surface area (Å²) in [5, 5.41) is 0. The highest BCUT2D eigenvalue weighted by atomic mass is 16.5. The van der Waals surface area contributed by atoms with E-state index in [2.05, 4.69) is 18.5 Å². The van der Waals surface area contributed by atoms with E-state index in [9.17, 15) is 4.79 Å². The number of ether oxygens (including phenoxy) is 1. The number of hydrogen-bond acceptors (Lipinski definition) is 3. The van der Waals surface area contributed by atoms with E-state index < -0.39 is 0 Å². The van der Waals surface area contributed by atoms with E-state index in [1.165, 1.54) is 12.8 Å². The summed E-state index contributed by atoms with van der Waals surface area (Å²) >= 11 is 0. The van der Waals surface area contributed by atoms with Gasteiger partial charge in [0.15, 0.2) is 0 Å². The summed E-state index contributed by atoms with van der Waals surface area (Å²) in [6, 6.07) is 6.23. The first-order valence-electron chi connectivity index (χ1n) is 8.39. The van der Waals surface area contributed by atoms with E-state index in [1.54, 1.807) is 7.11 Å². The van der Waals surface area contributed by atoms with Gasteiger partial charge in [-0.15, -0.1) is 6.58 Å². The first-order valence-corrected chi connectivity index (χ1v) is 8.39. The van der Waals surface area contributed by atoms with Crippen LogP contribution in [0.3, 0.4) is 0 Å². The number of methoxy groups -OCH3 is 1. The first-order chi connectivity index (χ1) is 11.1. The summed E-state index contributed by atoms with van der Waals surface area (Å²) in [6.45, 7) is 6.62. The van der Waals surface area contributed by atoms with Crippen LogP contribution in [0.4, 0.5) is 0 Å². The van der Waals surface area contributed by atoms with Crippen molar-refractivity contribution >= 4 is 5.91 Å². The zero-order valence-electron chi connectivity index (χ0n) is 14.1. The second kappa shape index (κ2) is 6.75. The van der Waals surface area contributed by atoms with Gasteiger partial charge in [0.05, 0.1) is 7.11 Å². The van der Waals surface area contributed by atoms with Gasteiger partial charge in [0, 0.05) is 31.2 Å². The number of piperidine rings is 1. The van der Waals surface area contributed by atoms with Crippen molar-refractivity contribution in [2.24, 2.45) is 5.92 Å². The molecule has 0 radical (unpaired) electrons. The van der Waals surface area contributed by atoms with Gasteiger partial charge in [-0.3, -0.25) is 4.79 Å². The molecule has 1 aromatic rings. The molecule has 4 nitrogen and oxygen atoms in total. The second-order valence-electron chi connectivity index (χ2n) is 6.77. The minimum atomic E-state index is 0.144. The Balaban J connectivity index is 1.82. The van der Waals surface area contributed by atoms with Crippen molar-refractivity contribution < 1.29 is 9.53 Å². The van der Waals surface area contributed by atoms with Crippen LogP contribution in [0.15, 0.2) is 30.9 Å². The first kappa shape index (κ1) is 16.1. The van der Waals surface area contributed by atoms with Crippen LogP contribution in [-0.2, 0) is 6.42 Å². The van der Waals surface area contributed by atoms with Crippen molar-refractivity contribution in [2.45, 2.75) is 25.3 Å². The third-order valence-electron chi connectivity index (χ3n) is 5.17. The van der Waals surface area contributed by atoms with Gasteiger partial charge in [-0.1, -0.05) is 6.08 Å². The molecule has 3 saturated heterocycles. The van der Waals surface area contributed by atoms with Crippen molar-refractivity contribution in [1.82, 2.24) is 9.80 Å². The summed E-state index contributed by atoms with van der Waals surface area (Å²) in [5.74, 6) is 1.57. The Bertz CT molecular complexity index is 599. The van der Waals surface area contributed by atoms with Gasteiger partial charge < -0.3 is 14.5 Å². The number of benzene rings is 1. The number of amides is 1. The van der Waals surface area contributed by atoms with Crippen LogP contribution >= 0.6 is 0 Å². The Morgan fingerprint density at radius 2 is 2.17 bits per heavy atom. The van der Waals surface area contributed by atoms with Gasteiger partial charge in [-0.25, -0.2) is 0 Å². The quantitative estimate of drug-likeness (QED) is 0.801. The number of hydrogen-bond donors (Lipinski definition) is 0. The Hall–Kier alpha value is -1.81. The number of fused-ring (bicyclic) bond motifs is 4. The van der Waals surface area contributed by atoms with E-state index in [4.69, 9.17) is 4.74 Å². The molecule has 124 valence electrons. The number of carbonyl (C=O) groups is 1. The van der Waals surface area contributed by atoms with Crippen LogP contribution in [0.2, 0.25) is 0 Å². The molecule has 4 rings (SSSR count). The fraction of sp³-hybridized carbons (Fsp3) is 0.526. The maximum absolute atomic E-state index is 13.0. The fourth-order valence-electron chi connectivity index (χ4n) is 3.89. The number of nitrogens with zero attached hydrogens (tertiary/aromatic N) is 2. The molecular formula is C19H26N2O2. The lowest BCUT2D eigenvalue weighted by atomic mass is 9.96. The molecule has 2 bridgehead atoms. The lowest BCUT2D eigenvalue weighted by Gasteiger charge is -2.32. The molecule has 0 aromatic heterocycles. The molecule has 0 aliphatic carbocycles. The largest absolute Gasteiger partial charge is 0.496 e. The predicted molar refractivity (Wildman–Crippen MR) is 91.9 cm³/mol. The Morgan fingerprint density at radius 1 is 1.35 bits per heavy atom. The molecule has 3 aliphatic rings. The molecule has 2 atom stereocenters. The van der Waals surface area contributed by atoms with Crippen molar-refractivity contribution in [3.63, 3.8) is 0 Å². The monoisotopic (exact) mass is 314 g/mol. The molecular weight excluding hydrogens is 288 g/mol. The number of allylic oxidation sites excluding steroid dienone is 1. The Morgan fingerprint density at radius 3 is 2.87 bits per heavy atom. The zero-order valence-corrected chi connectivity index (χ0v) is 14.1. The van der Waals surface area contributed by atoms with Gasteiger partial charge in [-0.2, -0.15) is 0 Å². The maximum atomic E-state index is 13.0. The molecule has 1 amide bonds. The lowest BCUT2D eigenvalue weighted by molar-refractivity contribution is 0.0742. The SMILES string of the molecule is C=CCc1cc(C(=O)N2C[C@@H]3CC[C@H](C2)N(C)C3)ccc1OC.